The number of carbonyl (C=O) groups is 1. The van der Waals surface area contributed by atoms with Crippen molar-refractivity contribution in [2.75, 3.05) is 14.1 Å². The van der Waals surface area contributed by atoms with Crippen molar-refractivity contribution in [2.45, 2.75) is 19.3 Å². The fourth-order valence-electron chi connectivity index (χ4n) is 2.61. The third kappa shape index (κ3) is 5.93. The van der Waals surface area contributed by atoms with Crippen LogP contribution in [0.4, 0.5) is 13.2 Å². The molecule has 0 fully saturated rings. The molecule has 0 aliphatic rings. The number of nitrogens with zero attached hydrogens (tertiary/aromatic N) is 1. The molecule has 0 atom stereocenters. The first-order valence-corrected chi connectivity index (χ1v) is 7.56. The largest absolute Gasteiger partial charge is 0.573 e. The van der Waals surface area contributed by atoms with E-state index in [-0.39, 0.29) is 36.7 Å². The van der Waals surface area contributed by atoms with Crippen molar-refractivity contribution >= 4 is 18.3 Å². The number of benzene rings is 2. The van der Waals surface area contributed by atoms with Gasteiger partial charge in [0.1, 0.15) is 5.75 Å². The van der Waals surface area contributed by atoms with Crippen LogP contribution in [0, 0.1) is 0 Å². The molecule has 0 radical (unpaired) electrons. The van der Waals surface area contributed by atoms with E-state index in [0.29, 0.717) is 11.1 Å². The van der Waals surface area contributed by atoms with E-state index in [1.807, 2.05) is 6.07 Å². The van der Waals surface area contributed by atoms with Crippen molar-refractivity contribution in [1.29, 1.82) is 0 Å². The SMILES string of the molecule is CN(C)Cc1c(-c2ccccc2)ccc(CC(N)=O)c1OC(F)(F)F.Cl. The van der Waals surface area contributed by atoms with Crippen molar-refractivity contribution < 1.29 is 22.7 Å². The van der Waals surface area contributed by atoms with Crippen molar-refractivity contribution in [1.82, 2.24) is 4.90 Å². The highest BCUT2D eigenvalue weighted by molar-refractivity contribution is 5.85. The second-order valence-electron chi connectivity index (χ2n) is 5.87. The van der Waals surface area contributed by atoms with E-state index < -0.39 is 12.3 Å². The summed E-state index contributed by atoms with van der Waals surface area (Å²) >= 11 is 0. The number of carbonyl (C=O) groups excluding carboxylic acids is 1. The molecule has 0 saturated heterocycles. The minimum Gasteiger partial charge on any atom is -0.405 e. The van der Waals surface area contributed by atoms with Gasteiger partial charge in [-0.3, -0.25) is 4.79 Å². The number of ether oxygens (including phenoxy) is 1. The normalized spacial score (nSPS) is 11.2. The summed E-state index contributed by atoms with van der Waals surface area (Å²) in [6, 6.07) is 12.2. The molecule has 0 aliphatic carbocycles. The lowest BCUT2D eigenvalue weighted by atomic mass is 9.94. The van der Waals surface area contributed by atoms with Gasteiger partial charge in [0.25, 0.3) is 0 Å². The zero-order valence-electron chi connectivity index (χ0n) is 14.3. The van der Waals surface area contributed by atoms with E-state index in [0.717, 1.165) is 5.56 Å². The molecule has 0 aliphatic heterocycles. The number of alkyl halides is 3. The van der Waals surface area contributed by atoms with Gasteiger partial charge >= 0.3 is 6.36 Å². The molecule has 0 unspecified atom stereocenters. The minimum absolute atomic E-state index is 0. The molecule has 0 aromatic heterocycles. The Bertz CT molecular complexity index is 750. The summed E-state index contributed by atoms with van der Waals surface area (Å²) < 4.78 is 43.2. The fraction of sp³-hybridized carbons (Fsp3) is 0.278. The van der Waals surface area contributed by atoms with Gasteiger partial charge in [-0.25, -0.2) is 0 Å². The van der Waals surface area contributed by atoms with Gasteiger partial charge in [-0.15, -0.1) is 25.6 Å². The standard InChI is InChI=1S/C18H19F3N2O2.ClH/c1-23(2)11-15-14(12-6-4-3-5-7-12)9-8-13(10-16(22)24)17(15)25-18(19,20)21;/h3-9H,10-11H2,1-2H3,(H2,22,24);1H. The van der Waals surface area contributed by atoms with Crippen molar-refractivity contribution in [2.24, 2.45) is 5.73 Å². The minimum atomic E-state index is -4.87. The topological polar surface area (TPSA) is 55.6 Å². The van der Waals surface area contributed by atoms with Crippen molar-refractivity contribution in [3.8, 4) is 16.9 Å². The zero-order chi connectivity index (χ0) is 18.6. The highest BCUT2D eigenvalue weighted by atomic mass is 35.5. The molecule has 1 amide bonds. The van der Waals surface area contributed by atoms with Crippen LogP contribution in [0.25, 0.3) is 11.1 Å². The lowest BCUT2D eigenvalue weighted by Gasteiger charge is -2.22. The Morgan fingerprint density at radius 2 is 1.73 bits per heavy atom. The summed E-state index contributed by atoms with van der Waals surface area (Å²) in [6.07, 6.45) is -5.20. The van der Waals surface area contributed by atoms with Crippen molar-refractivity contribution in [3.63, 3.8) is 0 Å². The first-order chi connectivity index (χ1) is 11.7. The van der Waals surface area contributed by atoms with Gasteiger partial charge in [-0.05, 0) is 25.2 Å². The molecule has 0 saturated carbocycles. The van der Waals surface area contributed by atoms with E-state index in [1.165, 1.54) is 6.07 Å². The van der Waals surface area contributed by atoms with Gasteiger partial charge in [0.2, 0.25) is 5.91 Å². The molecule has 26 heavy (non-hydrogen) atoms. The Kier molecular flexibility index (Phi) is 7.47. The van der Waals surface area contributed by atoms with Crippen LogP contribution in [0.3, 0.4) is 0 Å². The van der Waals surface area contributed by atoms with E-state index in [1.54, 1.807) is 49.3 Å². The molecule has 0 bridgehead atoms. The summed E-state index contributed by atoms with van der Waals surface area (Å²) in [5.74, 6) is -1.09. The van der Waals surface area contributed by atoms with Crippen LogP contribution in [0.1, 0.15) is 11.1 Å². The number of primary amides is 1. The molecular formula is C18H20ClF3N2O2. The fourth-order valence-corrected chi connectivity index (χ4v) is 2.61. The lowest BCUT2D eigenvalue weighted by molar-refractivity contribution is -0.275. The maximum atomic E-state index is 13.0. The predicted molar refractivity (Wildman–Crippen MR) is 96.1 cm³/mol. The maximum absolute atomic E-state index is 13.0. The number of rotatable bonds is 6. The first kappa shape index (κ1) is 21.8. The Labute approximate surface area is 156 Å². The molecular weight excluding hydrogens is 369 g/mol. The third-order valence-corrected chi connectivity index (χ3v) is 3.48. The molecule has 2 N–H and O–H groups in total. The molecule has 0 spiro atoms. The smallest absolute Gasteiger partial charge is 0.405 e. The monoisotopic (exact) mass is 388 g/mol. The Morgan fingerprint density at radius 3 is 2.23 bits per heavy atom. The average molecular weight is 389 g/mol. The van der Waals surface area contributed by atoms with Crippen LogP contribution < -0.4 is 10.5 Å². The van der Waals surface area contributed by atoms with Gasteiger partial charge in [-0.1, -0.05) is 42.5 Å². The van der Waals surface area contributed by atoms with Gasteiger partial charge in [0.05, 0.1) is 6.42 Å². The summed E-state index contributed by atoms with van der Waals surface area (Å²) in [5.41, 5.74) is 7.01. The second kappa shape index (κ2) is 8.91. The maximum Gasteiger partial charge on any atom is 0.573 e. The second-order valence-corrected chi connectivity index (χ2v) is 5.87. The molecule has 2 aromatic carbocycles. The summed E-state index contributed by atoms with van der Waals surface area (Å²) in [4.78, 5) is 13.0. The first-order valence-electron chi connectivity index (χ1n) is 7.56. The quantitative estimate of drug-likeness (QED) is 0.819. The number of hydrogen-bond donors (Lipinski definition) is 1. The number of amides is 1. The van der Waals surface area contributed by atoms with E-state index in [9.17, 15) is 18.0 Å². The van der Waals surface area contributed by atoms with Crippen LogP contribution in [0.15, 0.2) is 42.5 Å². The van der Waals surface area contributed by atoms with Gasteiger partial charge in [0.15, 0.2) is 0 Å². The summed E-state index contributed by atoms with van der Waals surface area (Å²) in [5, 5.41) is 0. The van der Waals surface area contributed by atoms with Crippen LogP contribution in [-0.2, 0) is 17.8 Å². The average Bonchev–Trinajstić information content (AvgIpc) is 2.49. The van der Waals surface area contributed by atoms with Gasteiger partial charge in [0, 0.05) is 17.7 Å². The zero-order valence-corrected chi connectivity index (χ0v) is 15.2. The lowest BCUT2D eigenvalue weighted by Crippen LogP contribution is -2.23. The molecule has 2 rings (SSSR count). The van der Waals surface area contributed by atoms with Crippen LogP contribution in [-0.4, -0.2) is 31.3 Å². The van der Waals surface area contributed by atoms with E-state index >= 15 is 0 Å². The molecule has 0 heterocycles. The van der Waals surface area contributed by atoms with Crippen LogP contribution >= 0.6 is 12.4 Å². The highest BCUT2D eigenvalue weighted by Gasteiger charge is 2.34. The number of nitrogens with two attached hydrogens (primary N) is 1. The van der Waals surface area contributed by atoms with E-state index in [2.05, 4.69) is 4.74 Å². The number of halogens is 4. The molecule has 2 aromatic rings. The van der Waals surface area contributed by atoms with Gasteiger partial charge in [-0.2, -0.15) is 0 Å². The highest BCUT2D eigenvalue weighted by Crippen LogP contribution is 2.37. The van der Waals surface area contributed by atoms with Gasteiger partial charge < -0.3 is 15.4 Å². The summed E-state index contributed by atoms with van der Waals surface area (Å²) in [6.45, 7) is 0.211. The van der Waals surface area contributed by atoms with E-state index in [4.69, 9.17) is 5.73 Å². The van der Waals surface area contributed by atoms with Crippen molar-refractivity contribution in [3.05, 3.63) is 53.6 Å². The third-order valence-electron chi connectivity index (χ3n) is 3.48. The number of hydrogen-bond acceptors (Lipinski definition) is 3. The Hall–Kier alpha value is -2.25. The predicted octanol–water partition coefficient (Wildman–Crippen LogP) is 3.76. The van der Waals surface area contributed by atoms with Crippen LogP contribution in [0.2, 0.25) is 0 Å². The summed E-state index contributed by atoms with van der Waals surface area (Å²) in [7, 11) is 3.49. The Morgan fingerprint density at radius 1 is 1.12 bits per heavy atom. The molecule has 142 valence electrons. The molecule has 8 heteroatoms. The molecule has 4 nitrogen and oxygen atoms in total. The van der Waals surface area contributed by atoms with Crippen LogP contribution in [0.5, 0.6) is 5.75 Å². The Balaban J connectivity index is 0.00000338.